The third-order valence-electron chi connectivity index (χ3n) is 6.36. The molecule has 0 aliphatic carbocycles. The third kappa shape index (κ3) is 5.65. The van der Waals surface area contributed by atoms with Crippen molar-refractivity contribution in [1.29, 1.82) is 0 Å². The molecule has 5 nitrogen and oxygen atoms in total. The molecule has 2 aromatic carbocycles. The average Bonchev–Trinajstić information content (AvgIpc) is 3.47. The monoisotopic (exact) mass is 491 g/mol. The molecule has 0 bridgehead atoms. The predicted molar refractivity (Wildman–Crippen MR) is 136 cm³/mol. The number of rotatable bonds is 7. The Morgan fingerprint density at radius 2 is 1.69 bits per heavy atom. The van der Waals surface area contributed by atoms with E-state index in [1.165, 1.54) is 24.3 Å². The number of aromatic nitrogens is 4. The lowest BCUT2D eigenvalue weighted by Crippen LogP contribution is -2.23. The molecule has 5 rings (SSSR count). The Morgan fingerprint density at radius 3 is 2.37 bits per heavy atom. The van der Waals surface area contributed by atoms with Crippen molar-refractivity contribution >= 4 is 16.5 Å². The molecule has 1 fully saturated rings. The summed E-state index contributed by atoms with van der Waals surface area (Å²) in [6.45, 7) is 6.93. The zero-order chi connectivity index (χ0) is 24.2. The first-order valence-corrected chi connectivity index (χ1v) is 12.7. The Balaban J connectivity index is 1.32. The molecule has 0 N–H and O–H groups in total. The van der Waals surface area contributed by atoms with Gasteiger partial charge in [-0.2, -0.15) is 5.10 Å². The van der Waals surface area contributed by atoms with E-state index in [2.05, 4.69) is 16.5 Å². The molecule has 8 heteroatoms. The molecule has 0 spiro atoms. The number of nitrogens with zero attached hydrogens (tertiary/aromatic N) is 5. The van der Waals surface area contributed by atoms with Crippen LogP contribution in [0, 0.1) is 17.6 Å². The van der Waals surface area contributed by atoms with E-state index in [0.29, 0.717) is 24.1 Å². The van der Waals surface area contributed by atoms with Crippen LogP contribution in [0.1, 0.15) is 25.7 Å². The van der Waals surface area contributed by atoms with Crippen molar-refractivity contribution in [2.75, 3.05) is 18.0 Å². The highest BCUT2D eigenvalue weighted by Crippen LogP contribution is 2.29. The number of benzene rings is 2. The van der Waals surface area contributed by atoms with Crippen LogP contribution < -0.4 is 4.90 Å². The molecule has 3 heterocycles. The molecule has 1 saturated heterocycles. The van der Waals surface area contributed by atoms with Crippen molar-refractivity contribution in [3.8, 4) is 22.8 Å². The molecule has 2 aromatic heterocycles. The summed E-state index contributed by atoms with van der Waals surface area (Å²) >= 11 is 1.69. The van der Waals surface area contributed by atoms with E-state index in [1.54, 1.807) is 35.6 Å². The van der Waals surface area contributed by atoms with E-state index in [9.17, 15) is 8.78 Å². The molecule has 1 atom stereocenters. The van der Waals surface area contributed by atoms with Crippen LogP contribution in [0.2, 0.25) is 0 Å². The van der Waals surface area contributed by atoms with Crippen molar-refractivity contribution in [3.63, 3.8) is 0 Å². The van der Waals surface area contributed by atoms with Gasteiger partial charge in [-0.3, -0.25) is 0 Å². The molecule has 4 aromatic rings. The van der Waals surface area contributed by atoms with Crippen molar-refractivity contribution < 1.29 is 8.78 Å². The first-order chi connectivity index (χ1) is 17.0. The summed E-state index contributed by atoms with van der Waals surface area (Å²) in [6.07, 6.45) is 6.17. The number of thiazole rings is 1. The fourth-order valence-corrected chi connectivity index (χ4v) is 5.30. The summed E-state index contributed by atoms with van der Waals surface area (Å²) in [5.41, 5.74) is 2.58. The maximum absolute atomic E-state index is 13.5. The van der Waals surface area contributed by atoms with Crippen LogP contribution in [-0.4, -0.2) is 32.8 Å². The summed E-state index contributed by atoms with van der Waals surface area (Å²) in [5.74, 6) is 1.09. The van der Waals surface area contributed by atoms with Crippen molar-refractivity contribution in [2.45, 2.75) is 32.2 Å². The second-order valence-corrected chi connectivity index (χ2v) is 9.86. The van der Waals surface area contributed by atoms with Gasteiger partial charge in [0.1, 0.15) is 11.6 Å². The summed E-state index contributed by atoms with van der Waals surface area (Å²) in [6, 6.07) is 12.4. The van der Waals surface area contributed by atoms with E-state index >= 15 is 0 Å². The van der Waals surface area contributed by atoms with Crippen LogP contribution in [0.4, 0.5) is 13.9 Å². The normalized spacial score (nSPS) is 16.3. The van der Waals surface area contributed by atoms with Crippen LogP contribution in [0.25, 0.3) is 22.8 Å². The maximum atomic E-state index is 13.5. The Morgan fingerprint density at radius 1 is 0.971 bits per heavy atom. The van der Waals surface area contributed by atoms with E-state index in [-0.39, 0.29) is 11.6 Å². The van der Waals surface area contributed by atoms with Gasteiger partial charge in [0.05, 0.1) is 6.54 Å². The minimum Gasteiger partial charge on any atom is -0.348 e. The number of halogens is 2. The molecule has 0 amide bonds. The largest absolute Gasteiger partial charge is 0.348 e. The predicted octanol–water partition coefficient (Wildman–Crippen LogP) is 6.60. The van der Waals surface area contributed by atoms with Gasteiger partial charge < -0.3 is 4.90 Å². The van der Waals surface area contributed by atoms with Crippen molar-refractivity contribution in [3.05, 3.63) is 83.9 Å². The lowest BCUT2D eigenvalue weighted by atomic mass is 9.93. The maximum Gasteiger partial charge on any atom is 0.185 e. The van der Waals surface area contributed by atoms with E-state index in [0.717, 1.165) is 60.6 Å². The smallest absolute Gasteiger partial charge is 0.185 e. The van der Waals surface area contributed by atoms with Crippen LogP contribution in [0.5, 0.6) is 0 Å². The molecule has 180 valence electrons. The topological polar surface area (TPSA) is 46.8 Å². The van der Waals surface area contributed by atoms with Gasteiger partial charge in [-0.05, 0) is 80.1 Å². The van der Waals surface area contributed by atoms with Crippen LogP contribution >= 0.6 is 11.3 Å². The van der Waals surface area contributed by atoms with Crippen molar-refractivity contribution in [2.24, 2.45) is 5.92 Å². The summed E-state index contributed by atoms with van der Waals surface area (Å²) < 4.78 is 28.8. The van der Waals surface area contributed by atoms with Gasteiger partial charge in [-0.25, -0.2) is 23.4 Å². The molecular formula is C27H27F2N5S. The summed E-state index contributed by atoms with van der Waals surface area (Å²) in [7, 11) is 0. The lowest BCUT2D eigenvalue weighted by molar-refractivity contribution is 0.458. The van der Waals surface area contributed by atoms with Gasteiger partial charge in [0.25, 0.3) is 0 Å². The fraction of sp³-hybridized carbons (Fsp3) is 0.296. The van der Waals surface area contributed by atoms with Gasteiger partial charge in [0.2, 0.25) is 0 Å². The minimum absolute atomic E-state index is 0.303. The minimum atomic E-state index is -0.308. The second kappa shape index (κ2) is 10.5. The molecule has 0 radical (unpaired) electrons. The first kappa shape index (κ1) is 23.4. The Bertz CT molecular complexity index is 1270. The van der Waals surface area contributed by atoms with Gasteiger partial charge in [0, 0.05) is 35.8 Å². The average molecular weight is 492 g/mol. The van der Waals surface area contributed by atoms with E-state index < -0.39 is 0 Å². The highest BCUT2D eigenvalue weighted by Gasteiger charge is 2.20. The fourth-order valence-electron chi connectivity index (χ4n) is 4.60. The molecule has 1 aliphatic rings. The van der Waals surface area contributed by atoms with E-state index in [4.69, 9.17) is 10.1 Å². The first-order valence-electron chi connectivity index (χ1n) is 11.8. The summed E-state index contributed by atoms with van der Waals surface area (Å²) in [4.78, 5) is 11.6. The summed E-state index contributed by atoms with van der Waals surface area (Å²) in [5, 5.41) is 7.85. The number of hydrogen-bond acceptors (Lipinski definition) is 5. The zero-order valence-electron chi connectivity index (χ0n) is 19.4. The van der Waals surface area contributed by atoms with Crippen LogP contribution in [-0.2, 0) is 6.54 Å². The quantitative estimate of drug-likeness (QED) is 0.273. The van der Waals surface area contributed by atoms with Crippen molar-refractivity contribution in [1.82, 2.24) is 19.7 Å². The van der Waals surface area contributed by atoms with Gasteiger partial charge in [0.15, 0.2) is 16.8 Å². The highest BCUT2D eigenvalue weighted by molar-refractivity contribution is 7.13. The number of anilines is 1. The third-order valence-corrected chi connectivity index (χ3v) is 7.20. The highest BCUT2D eigenvalue weighted by atomic mass is 32.1. The van der Waals surface area contributed by atoms with Gasteiger partial charge in [-0.1, -0.05) is 12.2 Å². The lowest BCUT2D eigenvalue weighted by Gasteiger charge is -2.19. The number of hydrogen-bond donors (Lipinski definition) is 0. The second-order valence-electron chi connectivity index (χ2n) is 8.98. The Labute approximate surface area is 207 Å². The molecule has 1 unspecified atom stereocenters. The van der Waals surface area contributed by atoms with E-state index in [1.807, 2.05) is 16.3 Å². The zero-order valence-corrected chi connectivity index (χ0v) is 20.2. The standard InChI is InChI=1S/C27H27F2N5S/c1-19(17-20-3-2-14-33(15-12-20)27-30-13-16-35-27)18-34-26(22-6-10-24(29)11-7-22)31-25(32-34)21-4-8-23(28)9-5-21/h4-11,13,16,20H,1-3,12,14-15,17-18H2. The SMILES string of the molecule is C=C(CC1CCCN(c2nccs2)CC1)Cn1nc(-c2ccc(F)cc2)nc1-c1ccc(F)cc1. The Kier molecular flexibility index (Phi) is 6.99. The van der Waals surface area contributed by atoms with Crippen LogP contribution in [0.15, 0.2) is 72.3 Å². The van der Waals surface area contributed by atoms with Gasteiger partial charge in [-0.15, -0.1) is 11.3 Å². The molecule has 35 heavy (non-hydrogen) atoms. The van der Waals surface area contributed by atoms with Crippen LogP contribution in [0.3, 0.4) is 0 Å². The number of allylic oxidation sites excluding steroid dienone is 1. The Hall–Kier alpha value is -3.39. The molecular weight excluding hydrogens is 464 g/mol. The molecule has 0 saturated carbocycles. The molecule has 1 aliphatic heterocycles. The van der Waals surface area contributed by atoms with Gasteiger partial charge >= 0.3 is 0 Å².